The predicted molar refractivity (Wildman–Crippen MR) is 81.3 cm³/mol. The number of amides is 1. The average molecular weight is 286 g/mol. The second-order valence-electron chi connectivity index (χ2n) is 5.07. The van der Waals surface area contributed by atoms with Crippen LogP contribution in [0.3, 0.4) is 0 Å². The van der Waals surface area contributed by atoms with Crippen molar-refractivity contribution in [2.24, 2.45) is 5.73 Å². The lowest BCUT2D eigenvalue weighted by molar-refractivity contribution is 0.0780. The first-order valence-corrected chi connectivity index (χ1v) is 6.82. The fourth-order valence-electron chi connectivity index (χ4n) is 2.26. The van der Waals surface area contributed by atoms with Crippen LogP contribution in [0.1, 0.15) is 27.0 Å². The van der Waals surface area contributed by atoms with Gasteiger partial charge in [-0.15, -0.1) is 0 Å². The minimum Gasteiger partial charge on any atom is -0.337 e. The molecule has 0 aliphatic rings. The third-order valence-electron chi connectivity index (χ3n) is 3.51. The second kappa shape index (κ2) is 6.50. The highest BCUT2D eigenvalue weighted by molar-refractivity contribution is 5.94. The highest BCUT2D eigenvalue weighted by Crippen LogP contribution is 2.16. The summed E-state index contributed by atoms with van der Waals surface area (Å²) in [4.78, 5) is 13.9. The summed E-state index contributed by atoms with van der Waals surface area (Å²) in [6.07, 6.45) is 0. The average Bonchev–Trinajstić information content (AvgIpc) is 2.50. The molecule has 0 unspecified atom stereocenters. The maximum atomic E-state index is 14.0. The molecular formula is C17H19FN2O. The number of nitrogens with zero attached hydrogens (tertiary/aromatic N) is 1. The lowest BCUT2D eigenvalue weighted by atomic mass is 10.1. The molecule has 0 heterocycles. The SMILES string of the molecule is Cc1cccc(C(=O)N(C)Cc2ccccc2CN)c1F. The largest absolute Gasteiger partial charge is 0.337 e. The van der Waals surface area contributed by atoms with Crippen LogP contribution in [0.5, 0.6) is 0 Å². The van der Waals surface area contributed by atoms with Crippen molar-refractivity contribution < 1.29 is 9.18 Å². The first-order valence-electron chi connectivity index (χ1n) is 6.82. The molecule has 0 bridgehead atoms. The lowest BCUT2D eigenvalue weighted by Crippen LogP contribution is -2.27. The zero-order chi connectivity index (χ0) is 15.4. The van der Waals surface area contributed by atoms with Gasteiger partial charge in [0.15, 0.2) is 0 Å². The first kappa shape index (κ1) is 15.2. The maximum absolute atomic E-state index is 14.0. The Balaban J connectivity index is 2.22. The van der Waals surface area contributed by atoms with E-state index in [9.17, 15) is 9.18 Å². The van der Waals surface area contributed by atoms with Gasteiger partial charge in [0.25, 0.3) is 5.91 Å². The van der Waals surface area contributed by atoms with Crippen LogP contribution in [0.4, 0.5) is 4.39 Å². The van der Waals surface area contributed by atoms with Gasteiger partial charge in [-0.2, -0.15) is 0 Å². The zero-order valence-electron chi connectivity index (χ0n) is 12.3. The smallest absolute Gasteiger partial charge is 0.256 e. The van der Waals surface area contributed by atoms with Gasteiger partial charge in [-0.05, 0) is 29.7 Å². The van der Waals surface area contributed by atoms with Gasteiger partial charge in [-0.25, -0.2) is 4.39 Å². The Kier molecular flexibility index (Phi) is 4.70. The molecule has 0 aromatic heterocycles. The van der Waals surface area contributed by atoms with Crippen molar-refractivity contribution >= 4 is 5.91 Å². The van der Waals surface area contributed by atoms with E-state index in [-0.39, 0.29) is 11.5 Å². The highest BCUT2D eigenvalue weighted by atomic mass is 19.1. The Hall–Kier alpha value is -2.20. The van der Waals surface area contributed by atoms with Crippen molar-refractivity contribution in [3.8, 4) is 0 Å². The van der Waals surface area contributed by atoms with E-state index >= 15 is 0 Å². The summed E-state index contributed by atoms with van der Waals surface area (Å²) in [6.45, 7) is 2.46. The summed E-state index contributed by atoms with van der Waals surface area (Å²) < 4.78 is 14.0. The monoisotopic (exact) mass is 286 g/mol. The second-order valence-corrected chi connectivity index (χ2v) is 5.07. The quantitative estimate of drug-likeness (QED) is 0.939. The summed E-state index contributed by atoms with van der Waals surface area (Å²) >= 11 is 0. The molecule has 0 saturated carbocycles. The van der Waals surface area contributed by atoms with Crippen molar-refractivity contribution in [3.63, 3.8) is 0 Å². The van der Waals surface area contributed by atoms with Crippen LogP contribution in [-0.4, -0.2) is 17.9 Å². The van der Waals surface area contributed by atoms with Crippen LogP contribution in [0.15, 0.2) is 42.5 Å². The molecule has 110 valence electrons. The maximum Gasteiger partial charge on any atom is 0.256 e. The number of benzene rings is 2. The molecule has 0 fully saturated rings. The van der Waals surface area contributed by atoms with Gasteiger partial charge >= 0.3 is 0 Å². The Morgan fingerprint density at radius 3 is 2.48 bits per heavy atom. The number of nitrogens with two attached hydrogens (primary N) is 1. The summed E-state index contributed by atoms with van der Waals surface area (Å²) in [7, 11) is 1.66. The Morgan fingerprint density at radius 1 is 1.14 bits per heavy atom. The van der Waals surface area contributed by atoms with E-state index in [4.69, 9.17) is 5.73 Å². The molecule has 21 heavy (non-hydrogen) atoms. The van der Waals surface area contributed by atoms with Gasteiger partial charge in [0.1, 0.15) is 5.82 Å². The van der Waals surface area contributed by atoms with E-state index in [2.05, 4.69) is 0 Å². The van der Waals surface area contributed by atoms with Crippen molar-refractivity contribution in [1.82, 2.24) is 4.90 Å². The Labute approximate surface area is 124 Å². The minimum atomic E-state index is -0.457. The number of carbonyl (C=O) groups is 1. The van der Waals surface area contributed by atoms with Crippen molar-refractivity contribution in [3.05, 3.63) is 70.5 Å². The molecule has 0 saturated heterocycles. The van der Waals surface area contributed by atoms with Crippen molar-refractivity contribution in [2.75, 3.05) is 7.05 Å². The predicted octanol–water partition coefficient (Wildman–Crippen LogP) is 2.87. The molecule has 4 heteroatoms. The molecular weight excluding hydrogens is 267 g/mol. The number of hydrogen-bond donors (Lipinski definition) is 1. The van der Waals surface area contributed by atoms with Gasteiger partial charge in [-0.3, -0.25) is 4.79 Å². The third kappa shape index (κ3) is 3.28. The Morgan fingerprint density at radius 2 is 1.81 bits per heavy atom. The summed E-state index contributed by atoms with van der Waals surface area (Å²) in [6, 6.07) is 12.5. The molecule has 2 rings (SSSR count). The molecule has 2 N–H and O–H groups in total. The van der Waals surface area contributed by atoms with Gasteiger partial charge in [-0.1, -0.05) is 36.4 Å². The van der Waals surface area contributed by atoms with Crippen LogP contribution < -0.4 is 5.73 Å². The number of aryl methyl sites for hydroxylation is 1. The number of rotatable bonds is 4. The van der Waals surface area contributed by atoms with Gasteiger partial charge in [0, 0.05) is 20.1 Å². The molecule has 0 aliphatic heterocycles. The summed E-state index contributed by atoms with van der Waals surface area (Å²) in [5.74, 6) is -0.788. The van der Waals surface area contributed by atoms with E-state index in [1.54, 1.807) is 26.1 Å². The van der Waals surface area contributed by atoms with Crippen LogP contribution in [0.2, 0.25) is 0 Å². The summed E-state index contributed by atoms with van der Waals surface area (Å²) in [5, 5.41) is 0. The molecule has 1 amide bonds. The van der Waals surface area contributed by atoms with Gasteiger partial charge < -0.3 is 10.6 Å². The van der Waals surface area contributed by atoms with Crippen LogP contribution in [-0.2, 0) is 13.1 Å². The van der Waals surface area contributed by atoms with Crippen molar-refractivity contribution in [2.45, 2.75) is 20.0 Å². The fraction of sp³-hybridized carbons (Fsp3) is 0.235. The molecule has 0 spiro atoms. The standard InChI is InChI=1S/C17H19FN2O/c1-12-6-5-9-15(16(12)18)17(21)20(2)11-14-8-4-3-7-13(14)10-19/h3-9H,10-11,19H2,1-2H3. The van der Waals surface area contributed by atoms with E-state index in [1.165, 1.54) is 11.0 Å². The van der Waals surface area contributed by atoms with Crippen molar-refractivity contribution in [1.29, 1.82) is 0 Å². The van der Waals surface area contributed by atoms with Gasteiger partial charge in [0.2, 0.25) is 0 Å². The number of halogens is 1. The third-order valence-corrected chi connectivity index (χ3v) is 3.51. The number of carbonyl (C=O) groups excluding carboxylic acids is 1. The topological polar surface area (TPSA) is 46.3 Å². The first-order chi connectivity index (χ1) is 10.0. The van der Waals surface area contributed by atoms with E-state index in [0.717, 1.165) is 11.1 Å². The van der Waals surface area contributed by atoms with E-state index in [1.807, 2.05) is 24.3 Å². The fourth-order valence-corrected chi connectivity index (χ4v) is 2.26. The molecule has 3 nitrogen and oxygen atoms in total. The molecule has 2 aromatic rings. The minimum absolute atomic E-state index is 0.0997. The summed E-state index contributed by atoms with van der Waals surface area (Å²) in [5.41, 5.74) is 8.23. The van der Waals surface area contributed by atoms with E-state index in [0.29, 0.717) is 18.7 Å². The Bertz CT molecular complexity index is 655. The normalized spacial score (nSPS) is 10.5. The number of hydrogen-bond acceptors (Lipinski definition) is 2. The van der Waals surface area contributed by atoms with Gasteiger partial charge in [0.05, 0.1) is 5.56 Å². The highest BCUT2D eigenvalue weighted by Gasteiger charge is 2.18. The van der Waals surface area contributed by atoms with Crippen LogP contribution in [0.25, 0.3) is 0 Å². The zero-order valence-corrected chi connectivity index (χ0v) is 12.3. The lowest BCUT2D eigenvalue weighted by Gasteiger charge is -2.19. The van der Waals surface area contributed by atoms with Crippen LogP contribution >= 0.6 is 0 Å². The molecule has 2 aromatic carbocycles. The molecule has 0 radical (unpaired) electrons. The molecule has 0 atom stereocenters. The molecule has 0 aliphatic carbocycles. The van der Waals surface area contributed by atoms with Crippen LogP contribution in [0, 0.1) is 12.7 Å². The van der Waals surface area contributed by atoms with E-state index < -0.39 is 5.82 Å².